The molecule has 0 bridgehead atoms. The number of piperidine rings is 1. The van der Waals surface area contributed by atoms with Crippen LogP contribution in [0.5, 0.6) is 0 Å². The van der Waals surface area contributed by atoms with Crippen LogP contribution in [0, 0.1) is 5.41 Å². The number of rotatable bonds is 2. The fourth-order valence-electron chi connectivity index (χ4n) is 3.63. The van der Waals surface area contributed by atoms with Gasteiger partial charge in [0.05, 0.1) is 5.41 Å². The molecular formula is C16H21ClN2O. The molecule has 0 aliphatic carbocycles. The van der Waals surface area contributed by atoms with Crippen LogP contribution in [0.4, 0.5) is 0 Å². The molecule has 3 nitrogen and oxygen atoms in total. The van der Waals surface area contributed by atoms with Gasteiger partial charge < -0.3 is 4.90 Å². The Morgan fingerprint density at radius 2 is 2.15 bits per heavy atom. The molecule has 2 aliphatic rings. The minimum atomic E-state index is -0.119. The van der Waals surface area contributed by atoms with E-state index in [1.807, 2.05) is 30.1 Å². The van der Waals surface area contributed by atoms with Gasteiger partial charge in [0.2, 0.25) is 5.91 Å². The summed E-state index contributed by atoms with van der Waals surface area (Å²) in [6.07, 6.45) is 3.17. The maximum atomic E-state index is 12.5. The number of halogens is 1. The molecule has 0 saturated carbocycles. The van der Waals surface area contributed by atoms with Gasteiger partial charge in [-0.1, -0.05) is 23.7 Å². The minimum absolute atomic E-state index is 0.119. The van der Waals surface area contributed by atoms with E-state index in [1.54, 1.807) is 0 Å². The number of amides is 1. The van der Waals surface area contributed by atoms with Crippen LogP contribution in [-0.2, 0) is 11.3 Å². The van der Waals surface area contributed by atoms with E-state index in [0.29, 0.717) is 5.91 Å². The summed E-state index contributed by atoms with van der Waals surface area (Å²) in [5, 5.41) is 0.782. The van der Waals surface area contributed by atoms with Crippen molar-refractivity contribution < 1.29 is 4.79 Å². The van der Waals surface area contributed by atoms with Gasteiger partial charge in [-0.3, -0.25) is 9.69 Å². The molecule has 1 aromatic carbocycles. The fourth-order valence-corrected chi connectivity index (χ4v) is 3.85. The SMILES string of the molecule is CN1CCCC2(CCN(Cc3cccc(Cl)c3)C2)C1=O. The number of hydrogen-bond donors (Lipinski definition) is 0. The standard InChI is InChI=1S/C16H21ClN2O/c1-18-8-3-6-16(15(18)20)7-9-19(12-16)11-13-4-2-5-14(17)10-13/h2,4-5,10H,3,6-9,11-12H2,1H3. The molecule has 1 spiro atoms. The third-order valence-corrected chi connectivity index (χ3v) is 4.91. The molecule has 1 aromatic rings. The molecule has 2 aliphatic heterocycles. The van der Waals surface area contributed by atoms with E-state index < -0.39 is 0 Å². The van der Waals surface area contributed by atoms with Crippen LogP contribution in [-0.4, -0.2) is 42.4 Å². The molecule has 108 valence electrons. The second-order valence-corrected chi connectivity index (χ2v) is 6.64. The highest BCUT2D eigenvalue weighted by molar-refractivity contribution is 6.30. The summed E-state index contributed by atoms with van der Waals surface area (Å²) in [5.74, 6) is 0.345. The van der Waals surface area contributed by atoms with E-state index in [9.17, 15) is 4.79 Å². The van der Waals surface area contributed by atoms with Gasteiger partial charge >= 0.3 is 0 Å². The molecular weight excluding hydrogens is 272 g/mol. The van der Waals surface area contributed by atoms with Gasteiger partial charge in [0, 0.05) is 31.7 Å². The Morgan fingerprint density at radius 1 is 1.30 bits per heavy atom. The number of carbonyl (C=O) groups excluding carboxylic acids is 1. The summed E-state index contributed by atoms with van der Waals surface area (Å²) in [4.78, 5) is 16.8. The van der Waals surface area contributed by atoms with E-state index in [2.05, 4.69) is 11.0 Å². The zero-order valence-corrected chi connectivity index (χ0v) is 12.7. The molecule has 4 heteroatoms. The third-order valence-electron chi connectivity index (χ3n) is 4.68. The lowest BCUT2D eigenvalue weighted by atomic mass is 9.78. The van der Waals surface area contributed by atoms with Crippen LogP contribution in [0.15, 0.2) is 24.3 Å². The van der Waals surface area contributed by atoms with Gasteiger partial charge in [0.1, 0.15) is 0 Å². The Balaban J connectivity index is 1.69. The highest BCUT2D eigenvalue weighted by Gasteiger charge is 2.47. The van der Waals surface area contributed by atoms with Gasteiger partial charge in [0.25, 0.3) is 0 Å². The average Bonchev–Trinajstić information content (AvgIpc) is 2.80. The predicted octanol–water partition coefficient (Wildman–Crippen LogP) is 2.78. The zero-order chi connectivity index (χ0) is 14.2. The molecule has 20 heavy (non-hydrogen) atoms. The summed E-state index contributed by atoms with van der Waals surface area (Å²) >= 11 is 6.04. The molecule has 2 fully saturated rings. The van der Waals surface area contributed by atoms with Gasteiger partial charge in [-0.2, -0.15) is 0 Å². The van der Waals surface area contributed by atoms with Crippen LogP contribution in [0.3, 0.4) is 0 Å². The second-order valence-electron chi connectivity index (χ2n) is 6.20. The topological polar surface area (TPSA) is 23.6 Å². The van der Waals surface area contributed by atoms with Gasteiger partial charge in [-0.25, -0.2) is 0 Å². The lowest BCUT2D eigenvalue weighted by molar-refractivity contribution is -0.143. The van der Waals surface area contributed by atoms with E-state index >= 15 is 0 Å². The van der Waals surface area contributed by atoms with Crippen LogP contribution < -0.4 is 0 Å². The largest absolute Gasteiger partial charge is 0.345 e. The van der Waals surface area contributed by atoms with Crippen molar-refractivity contribution >= 4 is 17.5 Å². The van der Waals surface area contributed by atoms with Gasteiger partial charge in [-0.15, -0.1) is 0 Å². The van der Waals surface area contributed by atoms with Crippen molar-refractivity contribution in [2.24, 2.45) is 5.41 Å². The number of hydrogen-bond acceptors (Lipinski definition) is 2. The van der Waals surface area contributed by atoms with E-state index in [1.165, 1.54) is 5.56 Å². The Morgan fingerprint density at radius 3 is 2.95 bits per heavy atom. The average molecular weight is 293 g/mol. The first-order valence-electron chi connectivity index (χ1n) is 7.31. The lowest BCUT2D eigenvalue weighted by Crippen LogP contribution is -2.48. The lowest BCUT2D eigenvalue weighted by Gasteiger charge is -2.37. The van der Waals surface area contributed by atoms with Crippen molar-refractivity contribution in [2.75, 3.05) is 26.7 Å². The third kappa shape index (κ3) is 2.57. The summed E-state index contributed by atoms with van der Waals surface area (Å²) < 4.78 is 0. The molecule has 2 saturated heterocycles. The van der Waals surface area contributed by atoms with Crippen molar-refractivity contribution in [1.29, 1.82) is 0 Å². The number of benzene rings is 1. The van der Waals surface area contributed by atoms with Crippen molar-refractivity contribution in [1.82, 2.24) is 9.80 Å². The normalized spacial score (nSPS) is 27.5. The Labute approximate surface area is 125 Å². The maximum Gasteiger partial charge on any atom is 0.229 e. The monoisotopic (exact) mass is 292 g/mol. The Hall–Kier alpha value is -1.06. The first kappa shape index (κ1) is 13.9. The molecule has 1 atom stereocenters. The molecule has 0 radical (unpaired) electrons. The first-order chi connectivity index (χ1) is 9.59. The van der Waals surface area contributed by atoms with Crippen molar-refractivity contribution in [2.45, 2.75) is 25.8 Å². The highest BCUT2D eigenvalue weighted by Crippen LogP contribution is 2.40. The van der Waals surface area contributed by atoms with Gasteiger partial charge in [-0.05, 0) is 43.5 Å². The van der Waals surface area contributed by atoms with Crippen LogP contribution in [0.25, 0.3) is 0 Å². The zero-order valence-electron chi connectivity index (χ0n) is 11.9. The Bertz CT molecular complexity index is 519. The van der Waals surface area contributed by atoms with Crippen molar-refractivity contribution in [3.8, 4) is 0 Å². The summed E-state index contributed by atoms with van der Waals surface area (Å²) in [6.45, 7) is 3.70. The van der Waals surface area contributed by atoms with Crippen LogP contribution >= 0.6 is 11.6 Å². The molecule has 1 amide bonds. The van der Waals surface area contributed by atoms with E-state index in [4.69, 9.17) is 11.6 Å². The van der Waals surface area contributed by atoms with Crippen molar-refractivity contribution in [3.05, 3.63) is 34.9 Å². The predicted molar refractivity (Wildman–Crippen MR) is 80.7 cm³/mol. The molecule has 3 rings (SSSR count). The first-order valence-corrected chi connectivity index (χ1v) is 7.69. The number of carbonyl (C=O) groups is 1. The quantitative estimate of drug-likeness (QED) is 0.837. The maximum absolute atomic E-state index is 12.5. The number of nitrogens with zero attached hydrogens (tertiary/aromatic N) is 2. The molecule has 0 aromatic heterocycles. The highest BCUT2D eigenvalue weighted by atomic mass is 35.5. The summed E-state index contributed by atoms with van der Waals surface area (Å²) in [7, 11) is 1.93. The van der Waals surface area contributed by atoms with E-state index in [0.717, 1.165) is 50.5 Å². The summed E-state index contributed by atoms with van der Waals surface area (Å²) in [6, 6.07) is 8.01. The van der Waals surface area contributed by atoms with Crippen LogP contribution in [0.2, 0.25) is 5.02 Å². The molecule has 2 heterocycles. The smallest absolute Gasteiger partial charge is 0.229 e. The van der Waals surface area contributed by atoms with Gasteiger partial charge in [0.15, 0.2) is 0 Å². The summed E-state index contributed by atoms with van der Waals surface area (Å²) in [5.41, 5.74) is 1.11. The Kier molecular flexibility index (Phi) is 3.74. The second kappa shape index (κ2) is 5.38. The molecule has 0 N–H and O–H groups in total. The van der Waals surface area contributed by atoms with Crippen LogP contribution in [0.1, 0.15) is 24.8 Å². The van der Waals surface area contributed by atoms with Crippen molar-refractivity contribution in [3.63, 3.8) is 0 Å². The molecule has 1 unspecified atom stereocenters. The van der Waals surface area contributed by atoms with E-state index in [-0.39, 0.29) is 5.41 Å². The minimum Gasteiger partial charge on any atom is -0.345 e. The number of likely N-dealkylation sites (tertiary alicyclic amines) is 2. The fraction of sp³-hybridized carbons (Fsp3) is 0.562.